The molecular formula is C22H32F2O. The van der Waals surface area contributed by atoms with Gasteiger partial charge in [0.2, 0.25) is 0 Å². The number of ether oxygens (including phenoxy) is 1. The Bertz CT molecular complexity index is 501. The lowest BCUT2D eigenvalue weighted by Gasteiger charge is -2.30. The molecule has 3 heteroatoms. The predicted molar refractivity (Wildman–Crippen MR) is 99.7 cm³/mol. The Hall–Kier alpha value is -1.22. The first-order chi connectivity index (χ1) is 12.0. The van der Waals surface area contributed by atoms with E-state index < -0.39 is 6.11 Å². The van der Waals surface area contributed by atoms with E-state index in [1.54, 1.807) is 0 Å². The number of hydrogen-bond acceptors (Lipinski definition) is 1. The second-order valence-corrected chi connectivity index (χ2v) is 7.45. The van der Waals surface area contributed by atoms with Crippen LogP contribution >= 0.6 is 0 Å². The molecule has 1 aliphatic rings. The van der Waals surface area contributed by atoms with E-state index >= 15 is 0 Å². The first kappa shape index (κ1) is 20.1. The van der Waals surface area contributed by atoms with Crippen LogP contribution in [0.25, 0.3) is 0 Å². The van der Waals surface area contributed by atoms with Gasteiger partial charge in [0, 0.05) is 6.42 Å². The summed E-state index contributed by atoms with van der Waals surface area (Å²) in [6.45, 7) is 5.86. The third-order valence-electron chi connectivity index (χ3n) is 5.28. The molecule has 0 unspecified atom stereocenters. The summed E-state index contributed by atoms with van der Waals surface area (Å²) in [5.41, 5.74) is 2.05. The van der Waals surface area contributed by atoms with Crippen molar-refractivity contribution in [2.75, 3.05) is 0 Å². The molecule has 1 saturated carbocycles. The number of hydrogen-bond donors (Lipinski definition) is 0. The molecule has 0 atom stereocenters. The van der Waals surface area contributed by atoms with Crippen molar-refractivity contribution < 1.29 is 13.5 Å². The minimum absolute atomic E-state index is 0.0198. The fraction of sp³-hybridized carbons (Fsp3) is 0.636. The Morgan fingerprint density at radius 2 is 1.68 bits per heavy atom. The van der Waals surface area contributed by atoms with Crippen LogP contribution in [0.5, 0.6) is 0 Å². The Morgan fingerprint density at radius 1 is 1.08 bits per heavy atom. The molecule has 0 heterocycles. The molecule has 0 saturated heterocycles. The molecule has 140 valence electrons. The number of alkyl halides is 2. The van der Waals surface area contributed by atoms with Crippen LogP contribution in [0.15, 0.2) is 36.9 Å². The van der Waals surface area contributed by atoms with Gasteiger partial charge in [-0.15, -0.1) is 6.58 Å². The Balaban J connectivity index is 1.73. The summed E-state index contributed by atoms with van der Waals surface area (Å²) in [4.78, 5) is 0. The third-order valence-corrected chi connectivity index (χ3v) is 5.28. The maximum absolute atomic E-state index is 14.2. The largest absolute Gasteiger partial charge is 0.356 e. The summed E-state index contributed by atoms with van der Waals surface area (Å²) in [6, 6.07) is 7.80. The van der Waals surface area contributed by atoms with Crippen LogP contribution in [0.4, 0.5) is 8.78 Å². The highest BCUT2D eigenvalue weighted by Gasteiger charge is 2.35. The fourth-order valence-electron chi connectivity index (χ4n) is 3.75. The minimum atomic E-state index is -3.03. The van der Waals surface area contributed by atoms with Crippen LogP contribution in [-0.2, 0) is 17.8 Å². The summed E-state index contributed by atoms with van der Waals surface area (Å²) in [6.07, 6.45) is 6.98. The van der Waals surface area contributed by atoms with Gasteiger partial charge in [-0.3, -0.25) is 0 Å². The van der Waals surface area contributed by atoms with Gasteiger partial charge in [0.05, 0.1) is 6.61 Å². The van der Waals surface area contributed by atoms with Gasteiger partial charge in [-0.25, -0.2) is 0 Å². The fourth-order valence-corrected chi connectivity index (χ4v) is 3.75. The van der Waals surface area contributed by atoms with Crippen LogP contribution < -0.4 is 0 Å². The van der Waals surface area contributed by atoms with E-state index in [0.717, 1.165) is 56.9 Å². The van der Waals surface area contributed by atoms with Crippen LogP contribution in [0.1, 0.15) is 69.4 Å². The van der Waals surface area contributed by atoms with E-state index in [4.69, 9.17) is 4.74 Å². The molecule has 0 aromatic heterocycles. The number of halogens is 2. The van der Waals surface area contributed by atoms with Crippen molar-refractivity contribution in [2.24, 2.45) is 11.8 Å². The Kier molecular flexibility index (Phi) is 8.08. The van der Waals surface area contributed by atoms with Crippen LogP contribution in [0, 0.1) is 11.8 Å². The van der Waals surface area contributed by atoms with Crippen molar-refractivity contribution >= 4 is 0 Å². The van der Waals surface area contributed by atoms with Crippen molar-refractivity contribution in [3.05, 3.63) is 48.0 Å². The molecule has 2 rings (SSSR count). The highest BCUT2D eigenvalue weighted by molar-refractivity contribution is 5.22. The van der Waals surface area contributed by atoms with Crippen LogP contribution in [0.3, 0.4) is 0 Å². The molecular weight excluding hydrogens is 318 g/mol. The smallest absolute Gasteiger partial charge is 0.316 e. The maximum atomic E-state index is 14.2. The number of aryl methyl sites for hydroxylation is 1. The van der Waals surface area contributed by atoms with Crippen molar-refractivity contribution in [3.8, 4) is 0 Å². The van der Waals surface area contributed by atoms with Crippen molar-refractivity contribution in [3.63, 3.8) is 0 Å². The summed E-state index contributed by atoms with van der Waals surface area (Å²) in [5.74, 6) is 0.771. The minimum Gasteiger partial charge on any atom is -0.316 e. The molecule has 0 N–H and O–H groups in total. The molecule has 0 aliphatic heterocycles. The van der Waals surface area contributed by atoms with Gasteiger partial charge in [-0.1, -0.05) is 56.5 Å². The summed E-state index contributed by atoms with van der Waals surface area (Å²) >= 11 is 0. The van der Waals surface area contributed by atoms with Gasteiger partial charge < -0.3 is 4.74 Å². The van der Waals surface area contributed by atoms with Gasteiger partial charge >= 0.3 is 6.11 Å². The maximum Gasteiger partial charge on any atom is 0.356 e. The zero-order chi connectivity index (χ0) is 18.1. The second kappa shape index (κ2) is 10.1. The molecule has 1 aliphatic carbocycles. The molecule has 1 aromatic rings. The monoisotopic (exact) mass is 350 g/mol. The first-order valence-corrected chi connectivity index (χ1v) is 9.73. The molecule has 25 heavy (non-hydrogen) atoms. The highest BCUT2D eigenvalue weighted by atomic mass is 19.3. The molecule has 0 amide bonds. The SMILES string of the molecule is C=CCCC1CCC(CC(F)(F)OCc2ccc(CCC)cc2)CC1. The van der Waals surface area contributed by atoms with E-state index in [2.05, 4.69) is 13.5 Å². The third kappa shape index (κ3) is 7.27. The molecule has 0 spiro atoms. The van der Waals surface area contributed by atoms with Gasteiger partial charge in [-0.05, 0) is 55.1 Å². The number of benzene rings is 1. The predicted octanol–water partition coefficient (Wildman–Crippen LogP) is 6.91. The number of rotatable bonds is 10. The van der Waals surface area contributed by atoms with E-state index in [1.807, 2.05) is 30.3 Å². The van der Waals surface area contributed by atoms with E-state index in [1.165, 1.54) is 5.56 Å². The van der Waals surface area contributed by atoms with Gasteiger partial charge in [-0.2, -0.15) is 8.78 Å². The van der Waals surface area contributed by atoms with E-state index in [0.29, 0.717) is 5.92 Å². The van der Waals surface area contributed by atoms with Crippen LogP contribution in [-0.4, -0.2) is 6.11 Å². The standard InChI is InChI=1S/C22H32F2O/c1-3-5-7-19-8-12-20(13-9-19)16-22(23,24)25-17-21-14-10-18(6-4-2)11-15-21/h3,10-11,14-15,19-20H,1,4-9,12-13,16-17H2,2H3. The van der Waals surface area contributed by atoms with Gasteiger partial charge in [0.25, 0.3) is 0 Å². The summed E-state index contributed by atoms with van der Waals surface area (Å²) < 4.78 is 33.3. The average molecular weight is 350 g/mol. The van der Waals surface area contributed by atoms with Crippen LogP contribution in [0.2, 0.25) is 0 Å². The highest BCUT2D eigenvalue weighted by Crippen LogP contribution is 2.38. The zero-order valence-electron chi connectivity index (χ0n) is 15.5. The molecule has 1 nitrogen and oxygen atoms in total. The van der Waals surface area contributed by atoms with Gasteiger partial charge in [0.15, 0.2) is 0 Å². The molecule has 1 fully saturated rings. The topological polar surface area (TPSA) is 9.23 Å². The Morgan fingerprint density at radius 3 is 2.28 bits per heavy atom. The quantitative estimate of drug-likeness (QED) is 0.416. The van der Waals surface area contributed by atoms with Crippen molar-refractivity contribution in [2.45, 2.75) is 77.4 Å². The lowest BCUT2D eigenvalue weighted by Crippen LogP contribution is -2.27. The molecule has 0 bridgehead atoms. The lowest BCUT2D eigenvalue weighted by atomic mass is 9.78. The first-order valence-electron chi connectivity index (χ1n) is 9.73. The molecule has 1 aromatic carbocycles. The van der Waals surface area contributed by atoms with Gasteiger partial charge in [0.1, 0.15) is 0 Å². The normalized spacial score (nSPS) is 21.2. The van der Waals surface area contributed by atoms with Crippen molar-refractivity contribution in [1.29, 1.82) is 0 Å². The lowest BCUT2D eigenvalue weighted by molar-refractivity contribution is -0.256. The second-order valence-electron chi connectivity index (χ2n) is 7.45. The average Bonchev–Trinajstić information content (AvgIpc) is 2.61. The Labute approximate surface area is 151 Å². The molecule has 0 radical (unpaired) electrons. The summed E-state index contributed by atoms with van der Waals surface area (Å²) in [5, 5.41) is 0. The van der Waals surface area contributed by atoms with E-state index in [9.17, 15) is 8.78 Å². The zero-order valence-corrected chi connectivity index (χ0v) is 15.5. The van der Waals surface area contributed by atoms with Crippen molar-refractivity contribution in [1.82, 2.24) is 0 Å². The van der Waals surface area contributed by atoms with E-state index in [-0.39, 0.29) is 18.9 Å². The number of allylic oxidation sites excluding steroid dienone is 1. The summed E-state index contributed by atoms with van der Waals surface area (Å²) in [7, 11) is 0.